The minimum Gasteiger partial charge on any atom is -0.399 e. The number of anilines is 2. The molecule has 3 nitrogen and oxygen atoms in total. The number of rotatable bonds is 1. The van der Waals surface area contributed by atoms with E-state index < -0.39 is 0 Å². The van der Waals surface area contributed by atoms with Crippen LogP contribution in [0.5, 0.6) is 0 Å². The van der Waals surface area contributed by atoms with Crippen molar-refractivity contribution in [2.24, 2.45) is 5.84 Å². The van der Waals surface area contributed by atoms with E-state index in [0.717, 1.165) is 11.4 Å². The molecule has 0 bridgehead atoms. The SMILES string of the molecule is NNc1ccc(N)cc1. The Bertz CT molecular complexity index is 180. The van der Waals surface area contributed by atoms with Crippen molar-refractivity contribution < 1.29 is 0 Å². The molecule has 0 amide bonds. The van der Waals surface area contributed by atoms with E-state index >= 15 is 0 Å². The molecule has 0 saturated carbocycles. The molecule has 0 fully saturated rings. The summed E-state index contributed by atoms with van der Waals surface area (Å²) in [6.45, 7) is 0. The second-order valence-electron chi connectivity index (χ2n) is 1.77. The Morgan fingerprint density at radius 1 is 1.11 bits per heavy atom. The molecule has 0 spiro atoms. The van der Waals surface area contributed by atoms with Gasteiger partial charge >= 0.3 is 0 Å². The minimum absolute atomic E-state index is 0.744. The van der Waals surface area contributed by atoms with Crippen LogP contribution in [0.4, 0.5) is 11.4 Å². The van der Waals surface area contributed by atoms with Crippen molar-refractivity contribution in [3.63, 3.8) is 0 Å². The molecule has 0 aliphatic carbocycles. The summed E-state index contributed by atoms with van der Waals surface area (Å²) < 4.78 is 0. The van der Waals surface area contributed by atoms with Crippen molar-refractivity contribution in [1.82, 2.24) is 0 Å². The summed E-state index contributed by atoms with van der Waals surface area (Å²) in [5, 5.41) is 0. The molecular formula is C6H9N3. The third kappa shape index (κ3) is 1.33. The van der Waals surface area contributed by atoms with Gasteiger partial charge < -0.3 is 11.2 Å². The molecule has 3 heteroatoms. The maximum atomic E-state index is 5.41. The fraction of sp³-hybridized carbons (Fsp3) is 0. The molecule has 0 aliphatic rings. The van der Waals surface area contributed by atoms with Crippen LogP contribution in [0, 0.1) is 0 Å². The van der Waals surface area contributed by atoms with E-state index in [1.807, 2.05) is 12.1 Å². The van der Waals surface area contributed by atoms with Gasteiger partial charge in [0.1, 0.15) is 0 Å². The Morgan fingerprint density at radius 3 is 2.11 bits per heavy atom. The van der Waals surface area contributed by atoms with Gasteiger partial charge in [-0.05, 0) is 24.3 Å². The summed E-state index contributed by atoms with van der Waals surface area (Å²) in [6.07, 6.45) is 0. The zero-order chi connectivity index (χ0) is 6.69. The van der Waals surface area contributed by atoms with E-state index in [1.54, 1.807) is 12.1 Å². The average Bonchev–Trinajstić information content (AvgIpc) is 1.90. The van der Waals surface area contributed by atoms with E-state index in [2.05, 4.69) is 5.43 Å². The molecule has 0 heterocycles. The van der Waals surface area contributed by atoms with Crippen LogP contribution < -0.4 is 17.0 Å². The fourth-order valence-corrected chi connectivity index (χ4v) is 0.579. The highest BCUT2D eigenvalue weighted by atomic mass is 15.2. The second-order valence-corrected chi connectivity index (χ2v) is 1.77. The lowest BCUT2D eigenvalue weighted by Gasteiger charge is -1.97. The van der Waals surface area contributed by atoms with Crippen molar-refractivity contribution in [1.29, 1.82) is 0 Å². The predicted octanol–water partition coefficient (Wildman–Crippen LogP) is 0.554. The van der Waals surface area contributed by atoms with Crippen LogP contribution in [0.3, 0.4) is 0 Å². The van der Waals surface area contributed by atoms with Gasteiger partial charge in [-0.1, -0.05) is 0 Å². The summed E-state index contributed by atoms with van der Waals surface area (Å²) in [6, 6.07) is 7.20. The first-order valence-electron chi connectivity index (χ1n) is 2.65. The van der Waals surface area contributed by atoms with Gasteiger partial charge in [0, 0.05) is 11.4 Å². The van der Waals surface area contributed by atoms with Crippen LogP contribution >= 0.6 is 0 Å². The van der Waals surface area contributed by atoms with Gasteiger partial charge in [-0.25, -0.2) is 0 Å². The number of nitrogens with two attached hydrogens (primary N) is 2. The summed E-state index contributed by atoms with van der Waals surface area (Å²) in [4.78, 5) is 0. The van der Waals surface area contributed by atoms with Gasteiger partial charge in [0.25, 0.3) is 0 Å². The van der Waals surface area contributed by atoms with E-state index in [1.165, 1.54) is 0 Å². The monoisotopic (exact) mass is 123 g/mol. The lowest BCUT2D eigenvalue weighted by atomic mass is 10.3. The van der Waals surface area contributed by atoms with E-state index in [0.29, 0.717) is 0 Å². The van der Waals surface area contributed by atoms with Gasteiger partial charge in [-0.15, -0.1) is 0 Å². The van der Waals surface area contributed by atoms with Gasteiger partial charge in [0.05, 0.1) is 0 Å². The molecule has 0 unspecified atom stereocenters. The van der Waals surface area contributed by atoms with Crippen LogP contribution in [0.15, 0.2) is 24.3 Å². The van der Waals surface area contributed by atoms with Crippen molar-refractivity contribution in [3.05, 3.63) is 24.3 Å². The Labute approximate surface area is 53.6 Å². The van der Waals surface area contributed by atoms with Crippen molar-refractivity contribution in [3.8, 4) is 0 Å². The molecule has 0 aliphatic heterocycles. The van der Waals surface area contributed by atoms with Crippen LogP contribution in [-0.2, 0) is 0 Å². The third-order valence-corrected chi connectivity index (χ3v) is 1.08. The maximum absolute atomic E-state index is 5.41. The number of hydrogen-bond acceptors (Lipinski definition) is 3. The Morgan fingerprint density at radius 2 is 1.67 bits per heavy atom. The van der Waals surface area contributed by atoms with Gasteiger partial charge in [-0.2, -0.15) is 0 Å². The van der Waals surface area contributed by atoms with Gasteiger partial charge in [-0.3, -0.25) is 5.84 Å². The first kappa shape index (κ1) is 5.91. The molecule has 1 aromatic rings. The quantitative estimate of drug-likeness (QED) is 0.290. The molecule has 9 heavy (non-hydrogen) atoms. The average molecular weight is 123 g/mol. The first-order chi connectivity index (χ1) is 4.33. The van der Waals surface area contributed by atoms with Crippen LogP contribution in [0.25, 0.3) is 0 Å². The van der Waals surface area contributed by atoms with Crippen LogP contribution in [-0.4, -0.2) is 0 Å². The number of nitrogens with one attached hydrogen (secondary N) is 1. The van der Waals surface area contributed by atoms with E-state index in [9.17, 15) is 0 Å². The molecule has 48 valence electrons. The highest BCUT2D eigenvalue weighted by molar-refractivity contribution is 5.50. The maximum Gasteiger partial charge on any atom is 0.0486 e. The molecule has 0 aromatic heterocycles. The standard InChI is InChI=1S/C6H9N3/c7-5-1-3-6(9-8)4-2-5/h1-4,9H,7-8H2. The van der Waals surface area contributed by atoms with Crippen LogP contribution in [0.2, 0.25) is 0 Å². The van der Waals surface area contributed by atoms with Crippen molar-refractivity contribution >= 4 is 11.4 Å². The Kier molecular flexibility index (Phi) is 1.55. The van der Waals surface area contributed by atoms with E-state index in [-0.39, 0.29) is 0 Å². The highest BCUT2D eigenvalue weighted by Crippen LogP contribution is 2.07. The van der Waals surface area contributed by atoms with Gasteiger partial charge in [0.2, 0.25) is 0 Å². The lowest BCUT2D eigenvalue weighted by molar-refractivity contribution is 1.35. The molecule has 0 radical (unpaired) electrons. The number of nitrogen functional groups attached to an aromatic ring is 2. The summed E-state index contributed by atoms with van der Waals surface area (Å²) in [5.41, 5.74) is 9.52. The number of hydrazine groups is 1. The Hall–Kier alpha value is -1.22. The topological polar surface area (TPSA) is 64.1 Å². The zero-order valence-electron chi connectivity index (χ0n) is 4.96. The predicted molar refractivity (Wildman–Crippen MR) is 38.7 cm³/mol. The number of hydrogen-bond donors (Lipinski definition) is 3. The molecular weight excluding hydrogens is 114 g/mol. The largest absolute Gasteiger partial charge is 0.399 e. The normalized spacial score (nSPS) is 9.00. The summed E-state index contributed by atoms with van der Waals surface area (Å²) in [5.74, 6) is 5.11. The van der Waals surface area contributed by atoms with E-state index in [4.69, 9.17) is 11.6 Å². The van der Waals surface area contributed by atoms with Crippen molar-refractivity contribution in [2.75, 3.05) is 11.2 Å². The molecule has 0 atom stereocenters. The van der Waals surface area contributed by atoms with Crippen molar-refractivity contribution in [2.45, 2.75) is 0 Å². The highest BCUT2D eigenvalue weighted by Gasteiger charge is 1.84. The third-order valence-electron chi connectivity index (χ3n) is 1.08. The number of benzene rings is 1. The molecule has 1 aromatic carbocycles. The molecule has 1 rings (SSSR count). The zero-order valence-corrected chi connectivity index (χ0v) is 4.96. The lowest BCUT2D eigenvalue weighted by Crippen LogP contribution is -2.06. The second kappa shape index (κ2) is 2.37. The molecule has 0 saturated heterocycles. The summed E-state index contributed by atoms with van der Waals surface area (Å²) in [7, 11) is 0. The first-order valence-corrected chi connectivity index (χ1v) is 2.65. The van der Waals surface area contributed by atoms with Gasteiger partial charge in [0.15, 0.2) is 0 Å². The Balaban J connectivity index is 2.88. The minimum atomic E-state index is 0.744. The smallest absolute Gasteiger partial charge is 0.0486 e. The van der Waals surface area contributed by atoms with Crippen LogP contribution in [0.1, 0.15) is 0 Å². The fourth-order valence-electron chi connectivity index (χ4n) is 0.579. The molecule has 5 N–H and O–H groups in total. The summed E-state index contributed by atoms with van der Waals surface area (Å²) >= 11 is 0.